The van der Waals surface area contributed by atoms with Gasteiger partial charge in [-0.3, -0.25) is 24.1 Å². The lowest BCUT2D eigenvalue weighted by molar-refractivity contribution is -0.138. The normalized spacial score (nSPS) is 19.8. The molecule has 0 spiro atoms. The molecule has 1 aromatic rings. The Morgan fingerprint density at radius 2 is 1.79 bits per heavy atom. The lowest BCUT2D eigenvalue weighted by atomic mass is 9.96. The highest BCUT2D eigenvalue weighted by Crippen LogP contribution is 2.20. The molecule has 0 aliphatic carbocycles. The van der Waals surface area contributed by atoms with Gasteiger partial charge in [0.2, 0.25) is 17.7 Å². The van der Waals surface area contributed by atoms with Crippen molar-refractivity contribution >= 4 is 35.2 Å². The number of hydrogen-bond donors (Lipinski definition) is 1. The van der Waals surface area contributed by atoms with Gasteiger partial charge in [0.1, 0.15) is 0 Å². The molecule has 0 aromatic heterocycles. The fourth-order valence-electron chi connectivity index (χ4n) is 3.62. The summed E-state index contributed by atoms with van der Waals surface area (Å²) in [4.78, 5) is 51.2. The lowest BCUT2D eigenvalue weighted by Crippen LogP contribution is -2.45. The molecule has 8 heteroatoms. The number of halogens is 1. The molecule has 28 heavy (non-hydrogen) atoms. The van der Waals surface area contributed by atoms with E-state index in [2.05, 4.69) is 5.32 Å². The molecule has 1 N–H and O–H groups in total. The van der Waals surface area contributed by atoms with E-state index < -0.39 is 0 Å². The molecule has 7 nitrogen and oxygen atoms in total. The van der Waals surface area contributed by atoms with Crippen LogP contribution in [0.4, 0.5) is 0 Å². The number of piperidine rings is 1. The number of benzene rings is 1. The van der Waals surface area contributed by atoms with E-state index in [1.54, 1.807) is 29.2 Å². The molecule has 150 valence electrons. The van der Waals surface area contributed by atoms with Crippen LogP contribution < -0.4 is 5.32 Å². The molecular formula is C20H24ClN3O4. The average Bonchev–Trinajstić information content (AvgIpc) is 3.03. The van der Waals surface area contributed by atoms with Crippen LogP contribution in [0.15, 0.2) is 24.3 Å². The van der Waals surface area contributed by atoms with Crippen LogP contribution in [0, 0.1) is 5.92 Å². The molecule has 0 bridgehead atoms. The lowest BCUT2D eigenvalue weighted by Gasteiger charge is -2.32. The van der Waals surface area contributed by atoms with E-state index in [0.29, 0.717) is 43.2 Å². The maximum atomic E-state index is 12.6. The van der Waals surface area contributed by atoms with Gasteiger partial charge in [0.25, 0.3) is 5.91 Å². The molecule has 2 saturated heterocycles. The maximum absolute atomic E-state index is 12.6. The number of imide groups is 1. The molecule has 1 atom stereocenters. The van der Waals surface area contributed by atoms with E-state index in [1.165, 1.54) is 4.90 Å². The van der Waals surface area contributed by atoms with Crippen LogP contribution in [0.5, 0.6) is 0 Å². The summed E-state index contributed by atoms with van der Waals surface area (Å²) in [5, 5.41) is 3.44. The van der Waals surface area contributed by atoms with Crippen LogP contribution in [-0.4, -0.2) is 59.6 Å². The SMILES string of the molecule is O=C(NCCCN1C(=O)CCC1=O)C1CCCN(C(=O)c2ccc(Cl)cc2)C1. The summed E-state index contributed by atoms with van der Waals surface area (Å²) in [5.74, 6) is -0.715. The summed E-state index contributed by atoms with van der Waals surface area (Å²) in [6.07, 6.45) is 2.60. The zero-order chi connectivity index (χ0) is 20.1. The maximum Gasteiger partial charge on any atom is 0.253 e. The van der Waals surface area contributed by atoms with Crippen molar-refractivity contribution in [3.05, 3.63) is 34.9 Å². The zero-order valence-electron chi connectivity index (χ0n) is 15.7. The van der Waals surface area contributed by atoms with Crippen molar-refractivity contribution in [2.45, 2.75) is 32.1 Å². The summed E-state index contributed by atoms with van der Waals surface area (Å²) in [6.45, 7) is 1.75. The number of likely N-dealkylation sites (tertiary alicyclic amines) is 2. The van der Waals surface area contributed by atoms with Crippen LogP contribution in [-0.2, 0) is 14.4 Å². The predicted molar refractivity (Wildman–Crippen MR) is 104 cm³/mol. The third kappa shape index (κ3) is 4.90. The standard InChI is InChI=1S/C20H24ClN3O4/c21-16-6-4-14(5-7-16)20(28)23-11-1-3-15(13-23)19(27)22-10-2-12-24-17(25)8-9-18(24)26/h4-7,15H,1-3,8-13H2,(H,22,27). The quantitative estimate of drug-likeness (QED) is 0.578. The molecule has 1 unspecified atom stereocenters. The minimum Gasteiger partial charge on any atom is -0.356 e. The molecule has 3 rings (SSSR count). The summed E-state index contributed by atoms with van der Waals surface area (Å²) in [5.41, 5.74) is 0.561. The summed E-state index contributed by atoms with van der Waals surface area (Å²) >= 11 is 5.87. The largest absolute Gasteiger partial charge is 0.356 e. The first-order chi connectivity index (χ1) is 13.5. The minimum absolute atomic E-state index is 0.0901. The van der Waals surface area contributed by atoms with Crippen LogP contribution in [0.25, 0.3) is 0 Å². The van der Waals surface area contributed by atoms with Crippen LogP contribution in [0.3, 0.4) is 0 Å². The third-order valence-corrected chi connectivity index (χ3v) is 5.44. The van der Waals surface area contributed by atoms with E-state index in [-0.39, 0.29) is 42.4 Å². The van der Waals surface area contributed by atoms with Crippen molar-refractivity contribution in [2.24, 2.45) is 5.92 Å². The van der Waals surface area contributed by atoms with Crippen molar-refractivity contribution in [1.29, 1.82) is 0 Å². The van der Waals surface area contributed by atoms with Gasteiger partial charge in [-0.2, -0.15) is 0 Å². The molecule has 4 amide bonds. The van der Waals surface area contributed by atoms with Crippen molar-refractivity contribution in [3.63, 3.8) is 0 Å². The molecule has 0 saturated carbocycles. The van der Waals surface area contributed by atoms with E-state index in [9.17, 15) is 19.2 Å². The Balaban J connectivity index is 1.45. The first-order valence-electron chi connectivity index (χ1n) is 9.61. The molecule has 1 aromatic carbocycles. The number of amides is 4. The Hall–Kier alpha value is -2.41. The van der Waals surface area contributed by atoms with Gasteiger partial charge in [-0.15, -0.1) is 0 Å². The van der Waals surface area contributed by atoms with Gasteiger partial charge < -0.3 is 10.2 Å². The molecule has 0 radical (unpaired) electrons. The van der Waals surface area contributed by atoms with Crippen molar-refractivity contribution in [2.75, 3.05) is 26.2 Å². The topological polar surface area (TPSA) is 86.8 Å². The molecular weight excluding hydrogens is 382 g/mol. The van der Waals surface area contributed by atoms with Crippen LogP contribution in [0.2, 0.25) is 5.02 Å². The molecule has 2 aliphatic heterocycles. The van der Waals surface area contributed by atoms with Gasteiger partial charge in [0.05, 0.1) is 5.92 Å². The second kappa shape index (κ2) is 9.19. The number of carbonyl (C=O) groups is 4. The predicted octanol–water partition coefficient (Wildman–Crippen LogP) is 1.85. The number of carbonyl (C=O) groups excluding carboxylic acids is 4. The smallest absolute Gasteiger partial charge is 0.253 e. The second-order valence-electron chi connectivity index (χ2n) is 7.18. The highest BCUT2D eigenvalue weighted by molar-refractivity contribution is 6.30. The van der Waals surface area contributed by atoms with E-state index in [4.69, 9.17) is 11.6 Å². The summed E-state index contributed by atoms with van der Waals surface area (Å²) < 4.78 is 0. The highest BCUT2D eigenvalue weighted by atomic mass is 35.5. The van der Waals surface area contributed by atoms with Gasteiger partial charge in [0, 0.05) is 49.6 Å². The first kappa shape index (κ1) is 20.3. The van der Waals surface area contributed by atoms with Crippen LogP contribution >= 0.6 is 11.6 Å². The summed E-state index contributed by atoms with van der Waals surface area (Å²) in [7, 11) is 0. The van der Waals surface area contributed by atoms with Crippen molar-refractivity contribution < 1.29 is 19.2 Å². The van der Waals surface area contributed by atoms with Gasteiger partial charge in [-0.1, -0.05) is 11.6 Å². The van der Waals surface area contributed by atoms with Crippen LogP contribution in [0.1, 0.15) is 42.5 Å². The Bertz CT molecular complexity index is 749. The molecule has 2 aliphatic rings. The Morgan fingerprint density at radius 1 is 1.11 bits per heavy atom. The fourth-order valence-corrected chi connectivity index (χ4v) is 3.74. The minimum atomic E-state index is -0.250. The third-order valence-electron chi connectivity index (χ3n) is 5.18. The van der Waals surface area contributed by atoms with E-state index in [0.717, 1.165) is 12.8 Å². The Labute approximate surface area is 169 Å². The zero-order valence-corrected chi connectivity index (χ0v) is 16.4. The van der Waals surface area contributed by atoms with E-state index >= 15 is 0 Å². The number of rotatable bonds is 6. The monoisotopic (exact) mass is 405 g/mol. The molecule has 2 fully saturated rings. The van der Waals surface area contributed by atoms with Gasteiger partial charge >= 0.3 is 0 Å². The first-order valence-corrected chi connectivity index (χ1v) is 9.99. The molecule has 2 heterocycles. The highest BCUT2D eigenvalue weighted by Gasteiger charge is 2.30. The number of nitrogens with zero attached hydrogens (tertiary/aromatic N) is 2. The van der Waals surface area contributed by atoms with E-state index in [1.807, 2.05) is 0 Å². The Morgan fingerprint density at radius 3 is 2.46 bits per heavy atom. The van der Waals surface area contributed by atoms with Crippen molar-refractivity contribution in [1.82, 2.24) is 15.1 Å². The number of hydrogen-bond acceptors (Lipinski definition) is 4. The summed E-state index contributed by atoms with van der Waals surface area (Å²) in [6, 6.07) is 6.74. The second-order valence-corrected chi connectivity index (χ2v) is 7.62. The van der Waals surface area contributed by atoms with Gasteiger partial charge in [-0.05, 0) is 43.5 Å². The Kier molecular flexibility index (Phi) is 6.67. The van der Waals surface area contributed by atoms with Gasteiger partial charge in [-0.25, -0.2) is 0 Å². The van der Waals surface area contributed by atoms with Gasteiger partial charge in [0.15, 0.2) is 0 Å². The number of nitrogens with one attached hydrogen (secondary N) is 1. The average molecular weight is 406 g/mol. The fraction of sp³-hybridized carbons (Fsp3) is 0.500. The van der Waals surface area contributed by atoms with Crippen molar-refractivity contribution in [3.8, 4) is 0 Å².